The highest BCUT2D eigenvalue weighted by molar-refractivity contribution is 6.30. The molecule has 2 aliphatic heterocycles. The molecule has 2 fully saturated rings. The van der Waals surface area contributed by atoms with Crippen molar-refractivity contribution in [1.29, 1.82) is 0 Å². The normalized spacial score (nSPS) is 20.9. The van der Waals surface area contributed by atoms with Crippen molar-refractivity contribution in [2.75, 3.05) is 36.4 Å². The molecule has 3 aromatic rings. The van der Waals surface area contributed by atoms with Crippen molar-refractivity contribution >= 4 is 46.0 Å². The number of halogens is 1. The molecule has 0 radical (unpaired) electrons. The van der Waals surface area contributed by atoms with E-state index in [4.69, 9.17) is 16.3 Å². The van der Waals surface area contributed by atoms with Crippen LogP contribution in [0.4, 0.5) is 16.2 Å². The topological polar surface area (TPSA) is 88.8 Å². The number of hydrogen-bond donors (Lipinski definition) is 1. The molecule has 1 aromatic heterocycles. The predicted octanol–water partition coefficient (Wildman–Crippen LogP) is 3.35. The first-order chi connectivity index (χ1) is 16.7. The average Bonchev–Trinajstić information content (AvgIpc) is 3.17. The van der Waals surface area contributed by atoms with Crippen LogP contribution in [0, 0.1) is 0 Å². The summed E-state index contributed by atoms with van der Waals surface area (Å²) in [6.07, 6.45) is 1.89. The summed E-state index contributed by atoms with van der Waals surface area (Å²) in [5.41, 5.74) is 2.34. The van der Waals surface area contributed by atoms with Gasteiger partial charge in [-0.2, -0.15) is 0 Å². The Morgan fingerprint density at radius 1 is 1.03 bits per heavy atom. The average molecular weight is 498 g/mol. The Kier molecular flexibility index (Phi) is 6.06. The van der Waals surface area contributed by atoms with Gasteiger partial charge in [0.1, 0.15) is 5.60 Å². The lowest BCUT2D eigenvalue weighted by Gasteiger charge is -2.25. The quantitative estimate of drug-likeness (QED) is 0.597. The minimum absolute atomic E-state index is 0.107. The molecular formula is C25H28ClN5O4. The second kappa shape index (κ2) is 9.05. The molecule has 0 aliphatic carbocycles. The molecule has 2 amide bonds. The zero-order valence-electron chi connectivity index (χ0n) is 19.8. The number of hydrogen-bond acceptors (Lipinski definition) is 5. The number of benzene rings is 2. The maximum atomic E-state index is 12.8. The zero-order chi connectivity index (χ0) is 24.7. The number of imidazole rings is 1. The van der Waals surface area contributed by atoms with Gasteiger partial charge in [0.15, 0.2) is 0 Å². The number of aromatic nitrogens is 2. The Hall–Kier alpha value is -3.30. The number of carbonyl (C=O) groups is 2. The lowest BCUT2D eigenvalue weighted by molar-refractivity contribution is -0.117. The molecule has 1 N–H and O–H groups in total. The fourth-order valence-corrected chi connectivity index (χ4v) is 5.20. The molecule has 0 unspecified atom stereocenters. The van der Waals surface area contributed by atoms with Crippen LogP contribution in [0.3, 0.4) is 0 Å². The van der Waals surface area contributed by atoms with Crippen LogP contribution in [-0.2, 0) is 23.6 Å². The summed E-state index contributed by atoms with van der Waals surface area (Å²) in [6, 6.07) is 12.6. The Labute approximate surface area is 207 Å². The number of aryl methyl sites for hydroxylation is 2. The third kappa shape index (κ3) is 4.53. The Morgan fingerprint density at radius 3 is 2.54 bits per heavy atom. The minimum Gasteiger partial charge on any atom is -0.441 e. The van der Waals surface area contributed by atoms with Gasteiger partial charge in [0, 0.05) is 43.5 Å². The number of nitrogens with one attached hydrogen (secondary N) is 1. The van der Waals surface area contributed by atoms with Gasteiger partial charge in [-0.15, -0.1) is 0 Å². The molecule has 10 heteroatoms. The van der Waals surface area contributed by atoms with E-state index in [-0.39, 0.29) is 24.2 Å². The van der Waals surface area contributed by atoms with E-state index in [0.29, 0.717) is 30.2 Å². The zero-order valence-corrected chi connectivity index (χ0v) is 20.5. The van der Waals surface area contributed by atoms with Crippen molar-refractivity contribution in [3.05, 3.63) is 58.0 Å². The summed E-state index contributed by atoms with van der Waals surface area (Å²) in [5.74, 6) is -0.118. The number of nitrogens with zero attached hydrogens (tertiary/aromatic N) is 4. The van der Waals surface area contributed by atoms with Crippen molar-refractivity contribution in [2.24, 2.45) is 14.1 Å². The van der Waals surface area contributed by atoms with E-state index in [1.807, 2.05) is 24.3 Å². The minimum atomic E-state index is -0.551. The van der Waals surface area contributed by atoms with Crippen molar-refractivity contribution in [1.82, 2.24) is 14.0 Å². The lowest BCUT2D eigenvalue weighted by atomic mass is 9.95. The SMILES string of the molecule is Cn1c(=O)n(C)c2cc(NC(=O)CN3CCC[C@]4(CC3)CN(c3ccc(Cl)cc3)C(=O)O4)ccc21. The van der Waals surface area contributed by atoms with Crippen LogP contribution >= 0.6 is 11.6 Å². The van der Waals surface area contributed by atoms with Crippen LogP contribution < -0.4 is 15.9 Å². The number of likely N-dealkylation sites (tertiary alicyclic amines) is 1. The van der Waals surface area contributed by atoms with Gasteiger partial charge in [-0.05, 0) is 61.9 Å². The van der Waals surface area contributed by atoms with E-state index >= 15 is 0 Å². The first kappa shape index (κ1) is 23.4. The molecular weight excluding hydrogens is 470 g/mol. The molecule has 2 saturated heterocycles. The maximum Gasteiger partial charge on any atom is 0.415 e. The summed E-state index contributed by atoms with van der Waals surface area (Å²) < 4.78 is 9.02. The van der Waals surface area contributed by atoms with Gasteiger partial charge in [0.25, 0.3) is 0 Å². The summed E-state index contributed by atoms with van der Waals surface area (Å²) >= 11 is 5.98. The largest absolute Gasteiger partial charge is 0.441 e. The number of anilines is 2. The maximum absolute atomic E-state index is 12.8. The fourth-order valence-electron chi connectivity index (χ4n) is 5.07. The van der Waals surface area contributed by atoms with Crippen LogP contribution in [-0.4, -0.2) is 57.8 Å². The Morgan fingerprint density at radius 2 is 1.77 bits per heavy atom. The first-order valence-electron chi connectivity index (χ1n) is 11.7. The van der Waals surface area contributed by atoms with Gasteiger partial charge in [0.05, 0.1) is 24.1 Å². The van der Waals surface area contributed by atoms with Crippen molar-refractivity contribution < 1.29 is 14.3 Å². The molecule has 2 aliphatic rings. The third-order valence-corrected chi connectivity index (χ3v) is 7.27. The summed E-state index contributed by atoms with van der Waals surface area (Å²) in [5, 5.41) is 3.57. The number of rotatable bonds is 4. The molecule has 35 heavy (non-hydrogen) atoms. The molecule has 5 rings (SSSR count). The first-order valence-corrected chi connectivity index (χ1v) is 12.1. The summed E-state index contributed by atoms with van der Waals surface area (Å²) in [6.45, 7) is 2.14. The number of amides is 2. The van der Waals surface area contributed by atoms with Gasteiger partial charge in [-0.3, -0.25) is 23.7 Å². The van der Waals surface area contributed by atoms with Gasteiger partial charge in [-0.1, -0.05) is 11.6 Å². The molecule has 2 aromatic carbocycles. The Balaban J connectivity index is 1.21. The standard InChI is InChI=1S/C25H28ClN5O4/c1-28-20-9-6-18(14-21(20)29(2)23(28)33)27-22(32)15-30-12-3-10-25(11-13-30)16-31(24(34)35-25)19-7-4-17(26)5-8-19/h4-9,14H,3,10-13,15-16H2,1-2H3,(H,27,32)/t25-/m0/s1. The highest BCUT2D eigenvalue weighted by Gasteiger charge is 2.46. The van der Waals surface area contributed by atoms with Gasteiger partial charge >= 0.3 is 11.8 Å². The van der Waals surface area contributed by atoms with Crippen LogP contribution in [0.1, 0.15) is 19.3 Å². The van der Waals surface area contributed by atoms with Gasteiger partial charge in [0.2, 0.25) is 5.91 Å². The second-order valence-corrected chi connectivity index (χ2v) is 9.83. The van der Waals surface area contributed by atoms with Crippen molar-refractivity contribution in [2.45, 2.75) is 24.9 Å². The van der Waals surface area contributed by atoms with Gasteiger partial charge < -0.3 is 10.1 Å². The van der Waals surface area contributed by atoms with Crippen LogP contribution in [0.5, 0.6) is 0 Å². The van der Waals surface area contributed by atoms with Gasteiger partial charge in [-0.25, -0.2) is 9.59 Å². The van der Waals surface area contributed by atoms with Crippen molar-refractivity contribution in [3.8, 4) is 0 Å². The molecule has 0 bridgehead atoms. The van der Waals surface area contributed by atoms with Crippen LogP contribution in [0.15, 0.2) is 47.3 Å². The van der Waals surface area contributed by atoms with Crippen LogP contribution in [0.2, 0.25) is 5.02 Å². The molecule has 184 valence electrons. The lowest BCUT2D eigenvalue weighted by Crippen LogP contribution is -2.37. The molecule has 9 nitrogen and oxygen atoms in total. The van der Waals surface area contributed by atoms with E-state index in [1.165, 1.54) is 0 Å². The van der Waals surface area contributed by atoms with E-state index < -0.39 is 5.60 Å². The third-order valence-electron chi connectivity index (χ3n) is 7.02. The molecule has 3 heterocycles. The van der Waals surface area contributed by atoms with E-state index in [0.717, 1.165) is 36.1 Å². The number of carbonyl (C=O) groups excluding carboxylic acids is 2. The second-order valence-electron chi connectivity index (χ2n) is 9.40. The highest BCUT2D eigenvalue weighted by atomic mass is 35.5. The molecule has 1 spiro atoms. The smallest absolute Gasteiger partial charge is 0.415 e. The fraction of sp³-hybridized carbons (Fsp3) is 0.400. The molecule has 1 atom stereocenters. The monoisotopic (exact) mass is 497 g/mol. The van der Waals surface area contributed by atoms with E-state index in [9.17, 15) is 14.4 Å². The molecule has 0 saturated carbocycles. The van der Waals surface area contributed by atoms with E-state index in [2.05, 4.69) is 10.2 Å². The van der Waals surface area contributed by atoms with Crippen LogP contribution in [0.25, 0.3) is 11.0 Å². The highest BCUT2D eigenvalue weighted by Crippen LogP contribution is 2.36. The predicted molar refractivity (Wildman–Crippen MR) is 135 cm³/mol. The summed E-state index contributed by atoms with van der Waals surface area (Å²) in [7, 11) is 3.44. The summed E-state index contributed by atoms with van der Waals surface area (Å²) in [4.78, 5) is 41.3. The number of fused-ring (bicyclic) bond motifs is 1. The number of ether oxygens (including phenoxy) is 1. The Bertz CT molecular complexity index is 1350. The van der Waals surface area contributed by atoms with E-state index in [1.54, 1.807) is 46.3 Å². The van der Waals surface area contributed by atoms with Crippen molar-refractivity contribution in [3.63, 3.8) is 0 Å².